The Balaban J connectivity index is 1.51. The standard InChI is InChI=1S/C24H19F3N4O/c1-13-22-17(23(30(2)29-22)16-6-7-18(25)21(27)20(16)26)9-11-31(13)24(32)15-5-8-19-14(12-15)4-3-10-28-19/h3-8,10,12-13H,9,11H2,1-2H3/t13-/m0/s1. The number of amides is 1. The van der Waals surface area contributed by atoms with Crippen LogP contribution >= 0.6 is 0 Å². The van der Waals surface area contributed by atoms with Crippen molar-refractivity contribution in [1.82, 2.24) is 19.7 Å². The lowest BCUT2D eigenvalue weighted by Gasteiger charge is -2.33. The van der Waals surface area contributed by atoms with Crippen molar-refractivity contribution in [3.8, 4) is 11.3 Å². The quantitative estimate of drug-likeness (QED) is 0.424. The van der Waals surface area contributed by atoms with Crippen molar-refractivity contribution in [3.05, 3.63) is 82.9 Å². The summed E-state index contributed by atoms with van der Waals surface area (Å²) < 4.78 is 43.2. The molecule has 0 N–H and O–H groups in total. The average molecular weight is 436 g/mol. The summed E-state index contributed by atoms with van der Waals surface area (Å²) >= 11 is 0. The van der Waals surface area contributed by atoms with E-state index in [1.165, 1.54) is 10.7 Å². The van der Waals surface area contributed by atoms with Crippen LogP contribution in [0.1, 0.15) is 34.6 Å². The minimum atomic E-state index is -1.51. The second-order valence-corrected chi connectivity index (χ2v) is 7.89. The largest absolute Gasteiger partial charge is 0.330 e. The summed E-state index contributed by atoms with van der Waals surface area (Å²) in [5, 5.41) is 5.38. The Bertz CT molecular complexity index is 1380. The van der Waals surface area contributed by atoms with Gasteiger partial charge in [-0.3, -0.25) is 14.5 Å². The van der Waals surface area contributed by atoms with Crippen molar-refractivity contribution in [3.63, 3.8) is 0 Å². The molecule has 1 aliphatic heterocycles. The fraction of sp³-hybridized carbons (Fsp3) is 0.208. The number of nitrogens with zero attached hydrogens (tertiary/aromatic N) is 4. The summed E-state index contributed by atoms with van der Waals surface area (Å²) in [7, 11) is 1.63. The van der Waals surface area contributed by atoms with Crippen LogP contribution < -0.4 is 0 Å². The van der Waals surface area contributed by atoms with Gasteiger partial charge in [0.2, 0.25) is 0 Å². The number of pyridine rings is 1. The van der Waals surface area contributed by atoms with E-state index >= 15 is 0 Å². The number of rotatable bonds is 2. The number of carbonyl (C=O) groups excluding carboxylic acids is 1. The average Bonchev–Trinajstić information content (AvgIpc) is 3.14. The number of fused-ring (bicyclic) bond motifs is 2. The van der Waals surface area contributed by atoms with E-state index in [4.69, 9.17) is 0 Å². The first-order valence-electron chi connectivity index (χ1n) is 10.2. The van der Waals surface area contributed by atoms with Gasteiger partial charge in [-0.25, -0.2) is 13.2 Å². The summed E-state index contributed by atoms with van der Waals surface area (Å²) in [6.07, 6.45) is 2.12. The Morgan fingerprint density at radius 2 is 1.91 bits per heavy atom. The minimum absolute atomic E-state index is 0.0471. The third kappa shape index (κ3) is 3.05. The number of hydrogen-bond donors (Lipinski definition) is 0. The fourth-order valence-electron chi connectivity index (χ4n) is 4.44. The number of aryl methyl sites for hydroxylation is 1. The third-order valence-electron chi connectivity index (χ3n) is 6.04. The number of benzene rings is 2. The van der Waals surface area contributed by atoms with Crippen molar-refractivity contribution in [2.24, 2.45) is 7.05 Å². The van der Waals surface area contributed by atoms with E-state index in [-0.39, 0.29) is 17.5 Å². The van der Waals surface area contributed by atoms with E-state index < -0.39 is 17.5 Å². The summed E-state index contributed by atoms with van der Waals surface area (Å²) in [6.45, 7) is 2.25. The lowest BCUT2D eigenvalue weighted by molar-refractivity contribution is 0.0674. The van der Waals surface area contributed by atoms with Gasteiger partial charge >= 0.3 is 0 Å². The first kappa shape index (κ1) is 20.2. The highest BCUT2D eigenvalue weighted by molar-refractivity contribution is 5.98. The first-order chi connectivity index (χ1) is 15.4. The Morgan fingerprint density at radius 3 is 2.72 bits per heavy atom. The van der Waals surface area contributed by atoms with Crippen molar-refractivity contribution in [1.29, 1.82) is 0 Å². The summed E-state index contributed by atoms with van der Waals surface area (Å²) in [5.41, 5.74) is 3.05. The lowest BCUT2D eigenvalue weighted by Crippen LogP contribution is -2.38. The number of carbonyl (C=O) groups is 1. The molecular formula is C24H19F3N4O. The zero-order valence-corrected chi connectivity index (χ0v) is 17.4. The molecule has 0 unspecified atom stereocenters. The van der Waals surface area contributed by atoms with E-state index in [0.717, 1.165) is 22.5 Å². The third-order valence-corrected chi connectivity index (χ3v) is 6.04. The maximum atomic E-state index is 14.5. The summed E-state index contributed by atoms with van der Waals surface area (Å²) in [5.74, 6) is -4.13. The second-order valence-electron chi connectivity index (χ2n) is 7.89. The number of aromatic nitrogens is 3. The van der Waals surface area contributed by atoms with E-state index in [1.54, 1.807) is 24.2 Å². The Labute approximate surface area is 182 Å². The zero-order valence-electron chi connectivity index (χ0n) is 17.4. The Kier molecular flexibility index (Phi) is 4.73. The molecule has 2 aromatic heterocycles. The van der Waals surface area contributed by atoms with E-state index in [2.05, 4.69) is 10.1 Å². The number of halogens is 3. The molecule has 5 nitrogen and oxygen atoms in total. The predicted molar refractivity (Wildman–Crippen MR) is 113 cm³/mol. The topological polar surface area (TPSA) is 51.0 Å². The van der Waals surface area contributed by atoms with Crippen molar-refractivity contribution in [2.45, 2.75) is 19.4 Å². The van der Waals surface area contributed by atoms with Crippen LogP contribution in [0.15, 0.2) is 48.7 Å². The maximum absolute atomic E-state index is 14.5. The summed E-state index contributed by atoms with van der Waals surface area (Å²) in [4.78, 5) is 19.3. The SMILES string of the molecule is C[C@H]1c2nn(C)c(-c3ccc(F)c(F)c3F)c2CCN1C(=O)c1ccc2ncccc2c1. The molecule has 0 aliphatic carbocycles. The van der Waals surface area contributed by atoms with Gasteiger partial charge in [-0.1, -0.05) is 6.07 Å². The fourth-order valence-corrected chi connectivity index (χ4v) is 4.44. The molecule has 0 radical (unpaired) electrons. The van der Waals surface area contributed by atoms with Crippen molar-refractivity contribution >= 4 is 16.8 Å². The van der Waals surface area contributed by atoms with E-state index in [0.29, 0.717) is 29.9 Å². The molecule has 0 bridgehead atoms. The van der Waals surface area contributed by atoms with E-state index in [1.807, 2.05) is 31.2 Å². The van der Waals surface area contributed by atoms with Gasteiger partial charge in [-0.15, -0.1) is 0 Å². The lowest BCUT2D eigenvalue weighted by atomic mass is 9.94. The van der Waals surface area contributed by atoms with Crippen LogP contribution in [0, 0.1) is 17.5 Å². The van der Waals surface area contributed by atoms with Crippen LogP contribution in [-0.2, 0) is 13.5 Å². The van der Waals surface area contributed by atoms with E-state index in [9.17, 15) is 18.0 Å². The molecule has 0 fully saturated rings. The summed E-state index contributed by atoms with van der Waals surface area (Å²) in [6, 6.07) is 10.8. The molecular weight excluding hydrogens is 417 g/mol. The van der Waals surface area contributed by atoms with Crippen LogP contribution in [0.4, 0.5) is 13.2 Å². The maximum Gasteiger partial charge on any atom is 0.254 e. The van der Waals surface area contributed by atoms with Crippen molar-refractivity contribution in [2.75, 3.05) is 6.54 Å². The zero-order chi connectivity index (χ0) is 22.6. The smallest absolute Gasteiger partial charge is 0.254 e. The normalized spacial score (nSPS) is 15.8. The van der Waals surface area contributed by atoms with Gasteiger partial charge in [-0.2, -0.15) is 5.10 Å². The van der Waals surface area contributed by atoms with Crippen LogP contribution in [0.5, 0.6) is 0 Å². The molecule has 2 aromatic carbocycles. The van der Waals surface area contributed by atoms with Crippen molar-refractivity contribution < 1.29 is 18.0 Å². The molecule has 32 heavy (non-hydrogen) atoms. The molecule has 1 aliphatic rings. The highest BCUT2D eigenvalue weighted by Gasteiger charge is 2.34. The molecule has 0 saturated heterocycles. The van der Waals surface area contributed by atoms with Gasteiger partial charge in [0.15, 0.2) is 17.5 Å². The molecule has 0 saturated carbocycles. The Hall–Kier alpha value is -3.68. The Morgan fingerprint density at radius 1 is 1.09 bits per heavy atom. The highest BCUT2D eigenvalue weighted by Crippen LogP contribution is 2.37. The van der Waals surface area contributed by atoms with Crippen LogP contribution in [0.3, 0.4) is 0 Å². The molecule has 1 atom stereocenters. The monoisotopic (exact) mass is 436 g/mol. The predicted octanol–water partition coefficient (Wildman–Crippen LogP) is 4.81. The molecule has 1 amide bonds. The molecule has 8 heteroatoms. The minimum Gasteiger partial charge on any atom is -0.330 e. The van der Waals surface area contributed by atoms with Crippen LogP contribution in [-0.4, -0.2) is 32.1 Å². The van der Waals surface area contributed by atoms with Gasteiger partial charge in [0.05, 0.1) is 22.9 Å². The molecule has 162 valence electrons. The van der Waals surface area contributed by atoms with Gasteiger partial charge < -0.3 is 4.90 Å². The van der Waals surface area contributed by atoms with Gasteiger partial charge in [0, 0.05) is 41.9 Å². The second kappa shape index (κ2) is 7.47. The van der Waals surface area contributed by atoms with Crippen LogP contribution in [0.25, 0.3) is 22.2 Å². The molecule has 3 heterocycles. The molecule has 4 aromatic rings. The molecule has 0 spiro atoms. The van der Waals surface area contributed by atoms with Gasteiger partial charge in [-0.05, 0) is 49.7 Å². The first-order valence-corrected chi connectivity index (χ1v) is 10.2. The number of hydrogen-bond acceptors (Lipinski definition) is 3. The van der Waals surface area contributed by atoms with Gasteiger partial charge in [0.1, 0.15) is 0 Å². The highest BCUT2D eigenvalue weighted by atomic mass is 19.2. The molecule has 5 rings (SSSR count). The van der Waals surface area contributed by atoms with Crippen LogP contribution in [0.2, 0.25) is 0 Å². The van der Waals surface area contributed by atoms with Gasteiger partial charge in [0.25, 0.3) is 5.91 Å².